The minimum absolute atomic E-state index is 0.479. The summed E-state index contributed by atoms with van der Waals surface area (Å²) in [5, 5.41) is 3.34. The van der Waals surface area contributed by atoms with Crippen LogP contribution in [0.25, 0.3) is 0 Å². The van der Waals surface area contributed by atoms with Gasteiger partial charge in [0.2, 0.25) is 0 Å². The Bertz CT molecular complexity index is 169. The number of nitrogens with one attached hydrogen (secondary N) is 1. The van der Waals surface area contributed by atoms with Crippen LogP contribution in [0, 0.1) is 0 Å². The molecular formula is C10H21N3. The van der Waals surface area contributed by atoms with Gasteiger partial charge in [-0.1, -0.05) is 6.58 Å². The van der Waals surface area contributed by atoms with Crippen molar-refractivity contribution in [3.05, 3.63) is 12.4 Å². The van der Waals surface area contributed by atoms with Gasteiger partial charge < -0.3 is 15.1 Å². The molecule has 1 fully saturated rings. The molecule has 1 aliphatic heterocycles. The van der Waals surface area contributed by atoms with E-state index in [4.69, 9.17) is 0 Å². The molecule has 1 rings (SSSR count). The fourth-order valence-corrected chi connectivity index (χ4v) is 1.50. The van der Waals surface area contributed by atoms with Gasteiger partial charge >= 0.3 is 0 Å². The van der Waals surface area contributed by atoms with Crippen LogP contribution in [0.4, 0.5) is 0 Å². The molecule has 1 heterocycles. The molecule has 0 aromatic carbocycles. The Morgan fingerprint density at radius 1 is 1.23 bits per heavy atom. The molecule has 1 saturated heterocycles. The van der Waals surface area contributed by atoms with Crippen molar-refractivity contribution >= 4 is 0 Å². The van der Waals surface area contributed by atoms with E-state index < -0.39 is 0 Å². The highest BCUT2D eigenvalue weighted by Crippen LogP contribution is 2.04. The third-order valence-corrected chi connectivity index (χ3v) is 2.34. The molecule has 0 atom stereocenters. The zero-order chi connectivity index (χ0) is 9.84. The molecule has 0 aromatic heterocycles. The Morgan fingerprint density at radius 2 is 1.77 bits per heavy atom. The maximum atomic E-state index is 4.04. The van der Waals surface area contributed by atoms with Crippen molar-refractivity contribution in [2.75, 3.05) is 33.2 Å². The van der Waals surface area contributed by atoms with Crippen LogP contribution in [-0.4, -0.2) is 49.1 Å². The number of nitrogens with zero attached hydrogens (tertiary/aromatic N) is 2. The quantitative estimate of drug-likeness (QED) is 0.695. The van der Waals surface area contributed by atoms with Crippen LogP contribution < -0.4 is 5.32 Å². The van der Waals surface area contributed by atoms with Gasteiger partial charge in [0.15, 0.2) is 0 Å². The third-order valence-electron chi connectivity index (χ3n) is 2.34. The van der Waals surface area contributed by atoms with Gasteiger partial charge in [0, 0.05) is 32.2 Å². The lowest BCUT2D eigenvalue weighted by Gasteiger charge is -2.35. The van der Waals surface area contributed by atoms with E-state index in [2.05, 4.69) is 42.6 Å². The maximum Gasteiger partial charge on any atom is 0.0941 e. The molecule has 0 radical (unpaired) electrons. The van der Waals surface area contributed by atoms with E-state index in [1.54, 1.807) is 0 Å². The first-order chi connectivity index (χ1) is 6.09. The summed E-state index contributed by atoms with van der Waals surface area (Å²) in [6, 6.07) is 0.479. The molecule has 3 heteroatoms. The topological polar surface area (TPSA) is 18.5 Å². The summed E-state index contributed by atoms with van der Waals surface area (Å²) in [6.45, 7) is 12.8. The predicted molar refractivity (Wildman–Crippen MR) is 56.5 cm³/mol. The average molecular weight is 183 g/mol. The standard InChI is InChI=1S/C10H21N3/c1-9(2)11-10(3)13-7-5-12(4)6-8-13/h9,11H,3,5-8H2,1-2,4H3. The summed E-state index contributed by atoms with van der Waals surface area (Å²) in [7, 11) is 2.16. The van der Waals surface area contributed by atoms with Crippen LogP contribution in [-0.2, 0) is 0 Å². The molecule has 0 aliphatic carbocycles. The zero-order valence-corrected chi connectivity index (χ0v) is 9.01. The van der Waals surface area contributed by atoms with Gasteiger partial charge in [0.05, 0.1) is 5.82 Å². The third kappa shape index (κ3) is 3.27. The van der Waals surface area contributed by atoms with E-state index in [-0.39, 0.29) is 0 Å². The van der Waals surface area contributed by atoms with Gasteiger partial charge in [0.1, 0.15) is 0 Å². The normalized spacial score (nSPS) is 19.2. The smallest absolute Gasteiger partial charge is 0.0941 e. The monoisotopic (exact) mass is 183 g/mol. The molecule has 13 heavy (non-hydrogen) atoms. The second kappa shape index (κ2) is 4.51. The highest BCUT2D eigenvalue weighted by Gasteiger charge is 2.14. The lowest BCUT2D eigenvalue weighted by Crippen LogP contribution is -2.47. The average Bonchev–Trinajstić information content (AvgIpc) is 2.04. The zero-order valence-electron chi connectivity index (χ0n) is 9.01. The van der Waals surface area contributed by atoms with E-state index >= 15 is 0 Å². The minimum atomic E-state index is 0.479. The number of hydrogen-bond donors (Lipinski definition) is 1. The fraction of sp³-hybridized carbons (Fsp3) is 0.800. The second-order valence-corrected chi connectivity index (χ2v) is 4.04. The van der Waals surface area contributed by atoms with Crippen molar-refractivity contribution in [3.8, 4) is 0 Å². The summed E-state index contributed by atoms with van der Waals surface area (Å²) in [5.74, 6) is 1.07. The van der Waals surface area contributed by atoms with Crippen LogP contribution in [0.1, 0.15) is 13.8 Å². The number of hydrogen-bond acceptors (Lipinski definition) is 3. The molecule has 3 nitrogen and oxygen atoms in total. The Labute approximate surface area is 81.4 Å². The van der Waals surface area contributed by atoms with Gasteiger partial charge in [-0.05, 0) is 20.9 Å². The summed E-state index contributed by atoms with van der Waals surface area (Å²) >= 11 is 0. The van der Waals surface area contributed by atoms with Gasteiger partial charge in [-0.2, -0.15) is 0 Å². The van der Waals surface area contributed by atoms with Gasteiger partial charge in [-0.3, -0.25) is 0 Å². The number of piperazine rings is 1. The molecule has 0 amide bonds. The highest BCUT2D eigenvalue weighted by atomic mass is 15.3. The number of rotatable bonds is 3. The maximum absolute atomic E-state index is 4.04. The molecule has 1 N–H and O–H groups in total. The first-order valence-electron chi connectivity index (χ1n) is 4.98. The minimum Gasteiger partial charge on any atom is -0.370 e. The molecular weight excluding hydrogens is 162 g/mol. The predicted octanol–water partition coefficient (Wildman–Crippen LogP) is 0.703. The van der Waals surface area contributed by atoms with Crippen LogP contribution >= 0.6 is 0 Å². The second-order valence-electron chi connectivity index (χ2n) is 4.04. The Hall–Kier alpha value is -0.700. The van der Waals surface area contributed by atoms with Crippen LogP contribution in [0.15, 0.2) is 12.4 Å². The molecule has 0 spiro atoms. The van der Waals surface area contributed by atoms with Crippen molar-refractivity contribution in [1.82, 2.24) is 15.1 Å². The molecule has 0 saturated carbocycles. The van der Waals surface area contributed by atoms with Crippen LogP contribution in [0.3, 0.4) is 0 Å². The lowest BCUT2D eigenvalue weighted by atomic mass is 10.3. The summed E-state index contributed by atoms with van der Waals surface area (Å²) in [4.78, 5) is 4.67. The van der Waals surface area contributed by atoms with E-state index in [1.165, 1.54) is 0 Å². The van der Waals surface area contributed by atoms with Crippen LogP contribution in [0.2, 0.25) is 0 Å². The van der Waals surface area contributed by atoms with E-state index in [0.29, 0.717) is 6.04 Å². The van der Waals surface area contributed by atoms with Gasteiger partial charge in [-0.25, -0.2) is 0 Å². The van der Waals surface area contributed by atoms with Crippen molar-refractivity contribution in [2.24, 2.45) is 0 Å². The first-order valence-corrected chi connectivity index (χ1v) is 4.98. The molecule has 0 unspecified atom stereocenters. The van der Waals surface area contributed by atoms with Crippen molar-refractivity contribution in [1.29, 1.82) is 0 Å². The van der Waals surface area contributed by atoms with E-state index in [9.17, 15) is 0 Å². The lowest BCUT2D eigenvalue weighted by molar-refractivity contribution is 0.177. The fourth-order valence-electron chi connectivity index (χ4n) is 1.50. The molecule has 1 aliphatic rings. The molecule has 0 bridgehead atoms. The van der Waals surface area contributed by atoms with Gasteiger partial charge in [0.25, 0.3) is 0 Å². The highest BCUT2D eigenvalue weighted by molar-refractivity contribution is 4.94. The van der Waals surface area contributed by atoms with E-state index in [0.717, 1.165) is 32.0 Å². The molecule has 76 valence electrons. The Balaban J connectivity index is 2.31. The molecule has 0 aromatic rings. The summed E-state index contributed by atoms with van der Waals surface area (Å²) < 4.78 is 0. The van der Waals surface area contributed by atoms with Crippen LogP contribution in [0.5, 0.6) is 0 Å². The Kier molecular flexibility index (Phi) is 3.60. The van der Waals surface area contributed by atoms with Crippen molar-refractivity contribution in [2.45, 2.75) is 19.9 Å². The largest absolute Gasteiger partial charge is 0.370 e. The number of likely N-dealkylation sites (N-methyl/N-ethyl adjacent to an activating group) is 1. The van der Waals surface area contributed by atoms with E-state index in [1.807, 2.05) is 0 Å². The van der Waals surface area contributed by atoms with Gasteiger partial charge in [-0.15, -0.1) is 0 Å². The van der Waals surface area contributed by atoms with Crippen molar-refractivity contribution < 1.29 is 0 Å². The van der Waals surface area contributed by atoms with Crippen molar-refractivity contribution in [3.63, 3.8) is 0 Å². The summed E-state index contributed by atoms with van der Waals surface area (Å²) in [5.41, 5.74) is 0. The SMILES string of the molecule is C=C(NC(C)C)N1CCN(C)CC1. The first kappa shape index (κ1) is 10.4. The summed E-state index contributed by atoms with van der Waals surface area (Å²) in [6.07, 6.45) is 0. The Morgan fingerprint density at radius 3 is 2.23 bits per heavy atom.